The molecule has 0 radical (unpaired) electrons. The van der Waals surface area contributed by atoms with E-state index in [0.717, 1.165) is 31.5 Å². The lowest BCUT2D eigenvalue weighted by Crippen LogP contribution is -2.52. The lowest BCUT2D eigenvalue weighted by atomic mass is 9.98. The van der Waals surface area contributed by atoms with E-state index in [1.54, 1.807) is 4.90 Å². The van der Waals surface area contributed by atoms with E-state index in [2.05, 4.69) is 0 Å². The largest absolute Gasteiger partial charge is 0.348 e. The van der Waals surface area contributed by atoms with Crippen LogP contribution in [0.3, 0.4) is 0 Å². The molecular weight excluding hydrogens is 320 g/mol. The minimum absolute atomic E-state index is 0.0199. The molecule has 2 atom stereocenters. The average molecular weight is 344 g/mol. The smallest absolute Gasteiger partial charge is 0.228 e. The van der Waals surface area contributed by atoms with E-state index in [0.29, 0.717) is 19.8 Å². The van der Waals surface area contributed by atoms with Crippen molar-refractivity contribution in [3.63, 3.8) is 0 Å². The Kier molecular flexibility index (Phi) is 4.72. The summed E-state index contributed by atoms with van der Waals surface area (Å²) >= 11 is 0. The first-order chi connectivity index (χ1) is 12.2. The molecule has 6 heteroatoms. The Morgan fingerprint density at radius 2 is 1.84 bits per heavy atom. The summed E-state index contributed by atoms with van der Waals surface area (Å²) in [5.74, 6) is -0.197. The van der Waals surface area contributed by atoms with Gasteiger partial charge in [-0.05, 0) is 31.4 Å². The second-order valence-corrected chi connectivity index (χ2v) is 6.95. The maximum atomic E-state index is 13.1. The van der Waals surface area contributed by atoms with Gasteiger partial charge in [0.1, 0.15) is 0 Å². The number of amides is 2. The summed E-state index contributed by atoms with van der Waals surface area (Å²) in [5.41, 5.74) is 0.862. The lowest BCUT2D eigenvalue weighted by molar-refractivity contribution is -0.154. The van der Waals surface area contributed by atoms with Gasteiger partial charge in [0.05, 0.1) is 25.2 Å². The molecule has 2 unspecified atom stereocenters. The topological polar surface area (TPSA) is 59.1 Å². The van der Waals surface area contributed by atoms with Gasteiger partial charge in [-0.1, -0.05) is 18.2 Å². The van der Waals surface area contributed by atoms with Gasteiger partial charge >= 0.3 is 0 Å². The van der Waals surface area contributed by atoms with Gasteiger partial charge in [-0.25, -0.2) is 0 Å². The zero-order chi connectivity index (χ0) is 17.2. The summed E-state index contributed by atoms with van der Waals surface area (Å²) in [7, 11) is 0. The number of nitrogens with zero attached hydrogens (tertiary/aromatic N) is 2. The highest BCUT2D eigenvalue weighted by molar-refractivity contribution is 6.00. The first-order valence-corrected chi connectivity index (χ1v) is 9.13. The third-order valence-corrected chi connectivity index (χ3v) is 5.34. The van der Waals surface area contributed by atoms with Gasteiger partial charge < -0.3 is 19.3 Å². The monoisotopic (exact) mass is 344 g/mol. The van der Waals surface area contributed by atoms with Crippen molar-refractivity contribution in [3.05, 3.63) is 30.3 Å². The number of hydrogen-bond acceptors (Lipinski definition) is 4. The normalized spacial score (nSPS) is 27.9. The van der Waals surface area contributed by atoms with Crippen LogP contribution in [0.5, 0.6) is 0 Å². The van der Waals surface area contributed by atoms with Gasteiger partial charge in [0, 0.05) is 25.2 Å². The van der Waals surface area contributed by atoms with Crippen molar-refractivity contribution in [1.82, 2.24) is 4.90 Å². The Morgan fingerprint density at radius 3 is 2.60 bits per heavy atom. The summed E-state index contributed by atoms with van der Waals surface area (Å²) in [5, 5.41) is 0. The molecule has 1 aromatic rings. The van der Waals surface area contributed by atoms with E-state index in [9.17, 15) is 9.59 Å². The van der Waals surface area contributed by atoms with Crippen LogP contribution >= 0.6 is 0 Å². The molecule has 25 heavy (non-hydrogen) atoms. The number of rotatable bonds is 3. The zero-order valence-corrected chi connectivity index (χ0v) is 14.3. The number of benzene rings is 1. The molecule has 134 valence electrons. The van der Waals surface area contributed by atoms with Crippen molar-refractivity contribution in [2.75, 3.05) is 31.2 Å². The van der Waals surface area contributed by atoms with Crippen LogP contribution in [-0.2, 0) is 19.1 Å². The minimum atomic E-state index is -0.313. The quantitative estimate of drug-likeness (QED) is 0.839. The summed E-state index contributed by atoms with van der Waals surface area (Å²) in [6, 6.07) is 9.54. The molecular formula is C19H24N2O4. The Morgan fingerprint density at radius 1 is 1.08 bits per heavy atom. The van der Waals surface area contributed by atoms with Gasteiger partial charge in [-0.3, -0.25) is 9.59 Å². The van der Waals surface area contributed by atoms with E-state index < -0.39 is 0 Å². The highest BCUT2D eigenvalue weighted by Crippen LogP contribution is 2.30. The predicted molar refractivity (Wildman–Crippen MR) is 91.9 cm³/mol. The number of carbonyl (C=O) groups is 2. The molecule has 0 aliphatic carbocycles. The second-order valence-electron chi connectivity index (χ2n) is 6.95. The molecule has 6 nitrogen and oxygen atoms in total. The number of para-hydroxylation sites is 1. The Balaban J connectivity index is 1.47. The van der Waals surface area contributed by atoms with Crippen LogP contribution < -0.4 is 4.90 Å². The third-order valence-electron chi connectivity index (χ3n) is 5.34. The van der Waals surface area contributed by atoms with E-state index >= 15 is 0 Å². The van der Waals surface area contributed by atoms with E-state index in [4.69, 9.17) is 9.47 Å². The van der Waals surface area contributed by atoms with Crippen LogP contribution in [0.1, 0.15) is 25.7 Å². The molecule has 0 spiro atoms. The zero-order valence-electron chi connectivity index (χ0n) is 14.3. The van der Waals surface area contributed by atoms with Crippen molar-refractivity contribution >= 4 is 17.5 Å². The number of piperidine rings is 1. The van der Waals surface area contributed by atoms with Gasteiger partial charge in [-0.15, -0.1) is 0 Å². The van der Waals surface area contributed by atoms with Crippen LogP contribution in [0.15, 0.2) is 30.3 Å². The fraction of sp³-hybridized carbons (Fsp3) is 0.579. The van der Waals surface area contributed by atoms with Crippen LogP contribution in [0.2, 0.25) is 0 Å². The Labute approximate surface area is 147 Å². The van der Waals surface area contributed by atoms with Crippen molar-refractivity contribution in [2.45, 2.75) is 38.0 Å². The molecule has 3 aliphatic rings. The van der Waals surface area contributed by atoms with Crippen LogP contribution in [0.25, 0.3) is 0 Å². The number of hydrogen-bond donors (Lipinski definition) is 0. The molecule has 3 fully saturated rings. The van der Waals surface area contributed by atoms with Crippen molar-refractivity contribution in [1.29, 1.82) is 0 Å². The average Bonchev–Trinajstić information content (AvgIpc) is 3.32. The van der Waals surface area contributed by atoms with Crippen molar-refractivity contribution in [3.8, 4) is 0 Å². The van der Waals surface area contributed by atoms with E-state index in [1.807, 2.05) is 35.2 Å². The molecule has 2 amide bonds. The summed E-state index contributed by atoms with van der Waals surface area (Å²) in [6.45, 7) is 2.36. The molecule has 0 aromatic heterocycles. The molecule has 3 heterocycles. The first kappa shape index (κ1) is 16.5. The maximum Gasteiger partial charge on any atom is 0.228 e. The van der Waals surface area contributed by atoms with Gasteiger partial charge in [0.2, 0.25) is 11.8 Å². The predicted octanol–water partition coefficient (Wildman–Crippen LogP) is 1.79. The maximum absolute atomic E-state index is 13.1. The summed E-state index contributed by atoms with van der Waals surface area (Å²) < 4.78 is 11.3. The molecule has 0 bridgehead atoms. The fourth-order valence-electron chi connectivity index (χ4n) is 4.08. The Hall–Kier alpha value is -1.92. The second kappa shape index (κ2) is 7.14. The first-order valence-electron chi connectivity index (χ1n) is 9.13. The highest BCUT2D eigenvalue weighted by atomic mass is 16.7. The van der Waals surface area contributed by atoms with Crippen molar-refractivity contribution < 1.29 is 19.1 Å². The molecule has 3 saturated heterocycles. The molecule has 0 N–H and O–H groups in total. The highest BCUT2D eigenvalue weighted by Gasteiger charge is 2.42. The standard InChI is InChI=1S/C19H24N2O4/c22-17-12-14(13-21(17)15-6-2-1-3-7-15)18(23)20-9-5-4-8-16(20)19-24-10-11-25-19/h1-3,6-7,14,16,19H,4-5,8-13H2. The third kappa shape index (κ3) is 3.28. The van der Waals surface area contributed by atoms with E-state index in [-0.39, 0.29) is 36.5 Å². The minimum Gasteiger partial charge on any atom is -0.348 e. The van der Waals surface area contributed by atoms with E-state index in [1.165, 1.54) is 0 Å². The lowest BCUT2D eigenvalue weighted by Gasteiger charge is -2.39. The summed E-state index contributed by atoms with van der Waals surface area (Å²) in [6.07, 6.45) is 2.95. The number of anilines is 1. The van der Waals surface area contributed by atoms with Crippen LogP contribution in [0, 0.1) is 5.92 Å². The van der Waals surface area contributed by atoms with Gasteiger partial charge in [0.25, 0.3) is 0 Å². The molecule has 3 aliphatic heterocycles. The van der Waals surface area contributed by atoms with Gasteiger partial charge in [-0.2, -0.15) is 0 Å². The fourth-order valence-corrected chi connectivity index (χ4v) is 4.08. The number of carbonyl (C=O) groups excluding carboxylic acids is 2. The van der Waals surface area contributed by atoms with Crippen LogP contribution in [0.4, 0.5) is 5.69 Å². The molecule has 1 aromatic carbocycles. The number of likely N-dealkylation sites (tertiary alicyclic amines) is 1. The van der Waals surface area contributed by atoms with Crippen LogP contribution in [-0.4, -0.2) is 55.3 Å². The summed E-state index contributed by atoms with van der Waals surface area (Å²) in [4.78, 5) is 29.2. The van der Waals surface area contributed by atoms with Crippen molar-refractivity contribution in [2.24, 2.45) is 5.92 Å². The van der Waals surface area contributed by atoms with Gasteiger partial charge in [0.15, 0.2) is 6.29 Å². The molecule has 4 rings (SSSR count). The number of ether oxygens (including phenoxy) is 2. The Bertz CT molecular complexity index is 630. The SMILES string of the molecule is O=C1CC(C(=O)N2CCCCC2C2OCCO2)CN1c1ccccc1. The molecule has 0 saturated carbocycles.